The molecule has 7 nitrogen and oxygen atoms in total. The van der Waals surface area contributed by atoms with Crippen molar-refractivity contribution in [3.63, 3.8) is 0 Å². The first-order valence-electron chi connectivity index (χ1n) is 6.26. The van der Waals surface area contributed by atoms with Crippen LogP contribution in [0.5, 0.6) is 0 Å². The number of hydrogen-bond acceptors (Lipinski definition) is 6. The van der Waals surface area contributed by atoms with Gasteiger partial charge in [-0.05, 0) is 38.1 Å². The van der Waals surface area contributed by atoms with E-state index < -0.39 is 16.0 Å². The van der Waals surface area contributed by atoms with Crippen LogP contribution in [0.15, 0.2) is 29.4 Å². The van der Waals surface area contributed by atoms with Crippen LogP contribution in [0.25, 0.3) is 0 Å². The minimum atomic E-state index is -3.20. The van der Waals surface area contributed by atoms with Gasteiger partial charge >= 0.3 is 5.97 Å². The van der Waals surface area contributed by atoms with E-state index in [2.05, 4.69) is 20.0 Å². The summed E-state index contributed by atoms with van der Waals surface area (Å²) in [7, 11) is -0.521. The van der Waals surface area contributed by atoms with Gasteiger partial charge in [-0.15, -0.1) is 0 Å². The molecule has 0 fully saturated rings. The van der Waals surface area contributed by atoms with Crippen molar-refractivity contribution in [2.75, 3.05) is 25.3 Å². The number of esters is 1. The zero-order chi connectivity index (χ0) is 15.9. The van der Waals surface area contributed by atoms with Crippen LogP contribution >= 0.6 is 0 Å². The van der Waals surface area contributed by atoms with Crippen molar-refractivity contribution >= 4 is 27.4 Å². The molecule has 1 aromatic rings. The Morgan fingerprint density at radius 2 is 1.90 bits per heavy atom. The van der Waals surface area contributed by atoms with Crippen molar-refractivity contribution in [2.24, 2.45) is 5.10 Å². The number of rotatable bonds is 7. The zero-order valence-electron chi connectivity index (χ0n) is 12.2. The molecular weight excluding hydrogens is 294 g/mol. The van der Waals surface area contributed by atoms with Crippen LogP contribution in [0.3, 0.4) is 0 Å². The van der Waals surface area contributed by atoms with Crippen molar-refractivity contribution < 1.29 is 17.9 Å². The molecular formula is C13H19N3O4S. The molecule has 1 rings (SSSR count). The van der Waals surface area contributed by atoms with Crippen molar-refractivity contribution in [2.45, 2.75) is 13.3 Å². The highest BCUT2D eigenvalue weighted by Gasteiger charge is 2.07. The summed E-state index contributed by atoms with van der Waals surface area (Å²) in [6.07, 6.45) is 0.425. The molecule has 0 atom stereocenters. The van der Waals surface area contributed by atoms with E-state index in [-0.39, 0.29) is 11.5 Å². The number of carbonyl (C=O) groups is 1. The maximum Gasteiger partial charge on any atom is 0.353 e. The first-order chi connectivity index (χ1) is 9.88. The van der Waals surface area contributed by atoms with Gasteiger partial charge in [0, 0.05) is 0 Å². The predicted molar refractivity (Wildman–Crippen MR) is 81.7 cm³/mol. The summed E-state index contributed by atoms with van der Waals surface area (Å²) in [4.78, 5) is 11.1. The maximum absolute atomic E-state index is 11.3. The number of sulfonamides is 1. The van der Waals surface area contributed by atoms with Crippen LogP contribution in [0, 0.1) is 0 Å². The minimum Gasteiger partial charge on any atom is -0.464 e. The first-order valence-corrected chi connectivity index (χ1v) is 7.92. The fourth-order valence-corrected chi connectivity index (χ4v) is 2.15. The van der Waals surface area contributed by atoms with Crippen molar-refractivity contribution in [1.29, 1.82) is 0 Å². The fourth-order valence-electron chi connectivity index (χ4n) is 1.44. The van der Waals surface area contributed by atoms with Gasteiger partial charge < -0.3 is 4.74 Å². The molecule has 0 aliphatic carbocycles. The van der Waals surface area contributed by atoms with E-state index in [1.807, 2.05) is 0 Å². The van der Waals surface area contributed by atoms with Crippen LogP contribution in [-0.4, -0.2) is 40.0 Å². The number of aryl methyl sites for hydroxylation is 1. The number of benzene rings is 1. The third-order valence-corrected chi connectivity index (χ3v) is 4.12. The number of ether oxygens (including phenoxy) is 1. The molecule has 0 saturated carbocycles. The number of anilines is 1. The summed E-state index contributed by atoms with van der Waals surface area (Å²) in [6, 6.07) is 7.12. The highest BCUT2D eigenvalue weighted by Crippen LogP contribution is 2.10. The molecule has 0 bridgehead atoms. The maximum atomic E-state index is 11.3. The molecule has 21 heavy (non-hydrogen) atoms. The van der Waals surface area contributed by atoms with Gasteiger partial charge in [-0.1, -0.05) is 12.1 Å². The molecule has 8 heteroatoms. The average molecular weight is 313 g/mol. The monoisotopic (exact) mass is 313 g/mol. The molecule has 1 aromatic carbocycles. The molecule has 0 spiro atoms. The Hall–Kier alpha value is -1.93. The van der Waals surface area contributed by atoms with E-state index in [9.17, 15) is 13.2 Å². The number of nitrogens with zero attached hydrogens (tertiary/aromatic N) is 1. The molecule has 0 unspecified atom stereocenters. The lowest BCUT2D eigenvalue weighted by Crippen LogP contribution is -2.23. The van der Waals surface area contributed by atoms with Crippen LogP contribution in [0.1, 0.15) is 12.5 Å². The smallest absolute Gasteiger partial charge is 0.353 e. The molecule has 116 valence electrons. The SMILES string of the molecule is CNS(=O)(=O)CCc1ccc(N/N=C(\C)C(=O)OC)cc1. The van der Waals surface area contributed by atoms with Crippen LogP contribution < -0.4 is 10.1 Å². The summed E-state index contributed by atoms with van der Waals surface area (Å²) >= 11 is 0. The Bertz CT molecular complexity index is 609. The van der Waals surface area contributed by atoms with E-state index in [1.54, 1.807) is 24.3 Å². The summed E-state index contributed by atoms with van der Waals surface area (Å²) in [6.45, 7) is 1.54. The Kier molecular flexibility index (Phi) is 6.32. The standard InChI is InChI=1S/C13H19N3O4S/c1-10(13(17)20-3)15-16-12-6-4-11(5-7-12)8-9-21(18,19)14-2/h4-7,14,16H,8-9H2,1-3H3/b15-10+. The Balaban J connectivity index is 2.61. The van der Waals surface area contributed by atoms with Crippen LogP contribution in [0.4, 0.5) is 5.69 Å². The topological polar surface area (TPSA) is 96.9 Å². The second-order valence-electron chi connectivity index (χ2n) is 4.27. The van der Waals surface area contributed by atoms with Crippen molar-refractivity contribution in [1.82, 2.24) is 4.72 Å². The highest BCUT2D eigenvalue weighted by atomic mass is 32.2. The van der Waals surface area contributed by atoms with E-state index in [4.69, 9.17) is 0 Å². The summed E-state index contributed by atoms with van der Waals surface area (Å²) in [5, 5.41) is 3.88. The van der Waals surface area contributed by atoms with E-state index in [0.717, 1.165) is 5.56 Å². The molecule has 0 aromatic heterocycles. The lowest BCUT2D eigenvalue weighted by atomic mass is 10.1. The minimum absolute atomic E-state index is 0.0376. The second-order valence-corrected chi connectivity index (χ2v) is 6.32. The Labute approximate surface area is 124 Å². The summed E-state index contributed by atoms with van der Waals surface area (Å²) in [5.74, 6) is -0.466. The van der Waals surface area contributed by atoms with Gasteiger partial charge in [0.05, 0.1) is 18.6 Å². The molecule has 0 amide bonds. The van der Waals surface area contributed by atoms with Gasteiger partial charge in [0.2, 0.25) is 10.0 Å². The predicted octanol–water partition coefficient (Wildman–Crippen LogP) is 0.739. The molecule has 0 aliphatic heterocycles. The number of nitrogens with one attached hydrogen (secondary N) is 2. The van der Waals surface area contributed by atoms with Gasteiger partial charge in [-0.25, -0.2) is 17.9 Å². The lowest BCUT2D eigenvalue weighted by molar-refractivity contribution is -0.132. The number of hydrazone groups is 1. The van der Waals surface area contributed by atoms with Crippen molar-refractivity contribution in [3.05, 3.63) is 29.8 Å². The molecule has 0 heterocycles. The highest BCUT2D eigenvalue weighted by molar-refractivity contribution is 7.89. The molecule has 2 N–H and O–H groups in total. The first kappa shape index (κ1) is 17.1. The van der Waals surface area contributed by atoms with Crippen LogP contribution in [0.2, 0.25) is 0 Å². The second kappa shape index (κ2) is 7.75. The van der Waals surface area contributed by atoms with E-state index in [1.165, 1.54) is 21.1 Å². The third kappa shape index (κ3) is 5.92. The lowest BCUT2D eigenvalue weighted by Gasteiger charge is -2.05. The molecule has 0 aliphatic rings. The molecule has 0 saturated heterocycles. The van der Waals surface area contributed by atoms with E-state index >= 15 is 0 Å². The number of carbonyl (C=O) groups excluding carboxylic acids is 1. The van der Waals surface area contributed by atoms with Crippen molar-refractivity contribution in [3.8, 4) is 0 Å². The van der Waals surface area contributed by atoms with Gasteiger partial charge in [-0.3, -0.25) is 5.43 Å². The van der Waals surface area contributed by atoms with E-state index in [0.29, 0.717) is 12.1 Å². The Morgan fingerprint density at radius 3 is 2.43 bits per heavy atom. The van der Waals surface area contributed by atoms with Gasteiger partial charge in [0.15, 0.2) is 0 Å². The quantitative estimate of drug-likeness (QED) is 0.439. The summed E-state index contributed by atoms with van der Waals surface area (Å²) < 4.78 is 29.4. The Morgan fingerprint density at radius 1 is 1.29 bits per heavy atom. The largest absolute Gasteiger partial charge is 0.464 e. The fraction of sp³-hybridized carbons (Fsp3) is 0.385. The van der Waals surface area contributed by atoms with Gasteiger partial charge in [0.25, 0.3) is 0 Å². The number of hydrogen-bond donors (Lipinski definition) is 2. The normalized spacial score (nSPS) is 12.0. The molecule has 0 radical (unpaired) electrons. The summed E-state index contributed by atoms with van der Waals surface area (Å²) in [5.41, 5.74) is 4.53. The number of methoxy groups -OCH3 is 1. The van der Waals surface area contributed by atoms with Gasteiger partial charge in [-0.2, -0.15) is 5.10 Å². The third-order valence-electron chi connectivity index (χ3n) is 2.76. The zero-order valence-corrected chi connectivity index (χ0v) is 13.0. The average Bonchev–Trinajstić information content (AvgIpc) is 2.50. The van der Waals surface area contributed by atoms with Crippen LogP contribution in [-0.2, 0) is 26.0 Å². The van der Waals surface area contributed by atoms with Gasteiger partial charge in [0.1, 0.15) is 5.71 Å².